The summed E-state index contributed by atoms with van der Waals surface area (Å²) in [4.78, 5) is 11.4. The van der Waals surface area contributed by atoms with Crippen LogP contribution in [0.25, 0.3) is 5.57 Å². The molecule has 1 aliphatic carbocycles. The molecule has 0 amide bonds. The van der Waals surface area contributed by atoms with E-state index in [1.54, 1.807) is 6.92 Å². The molecule has 1 aliphatic rings. The molecule has 1 nitrogen and oxygen atoms in total. The molecule has 0 heterocycles. The summed E-state index contributed by atoms with van der Waals surface area (Å²) in [5.74, 6) is 1.08. The zero-order valence-electron chi connectivity index (χ0n) is 11.9. The van der Waals surface area contributed by atoms with Gasteiger partial charge in [0.1, 0.15) is 5.78 Å². The Morgan fingerprint density at radius 1 is 1.16 bits per heavy atom. The number of hydrogen-bond acceptors (Lipinski definition) is 1. The molecule has 102 valence electrons. The second kappa shape index (κ2) is 7.28. The van der Waals surface area contributed by atoms with E-state index in [1.807, 2.05) is 18.2 Å². The summed E-state index contributed by atoms with van der Waals surface area (Å²) >= 11 is 0. The van der Waals surface area contributed by atoms with Gasteiger partial charge in [0.25, 0.3) is 0 Å². The van der Waals surface area contributed by atoms with Gasteiger partial charge in [0.2, 0.25) is 0 Å². The van der Waals surface area contributed by atoms with E-state index in [0.29, 0.717) is 6.42 Å². The SMILES string of the molecule is CC(=O)C/C(=C/CC1CCCCC1)c1ccccc1. The van der Waals surface area contributed by atoms with Gasteiger partial charge in [-0.25, -0.2) is 0 Å². The third-order valence-electron chi connectivity index (χ3n) is 4.01. The van der Waals surface area contributed by atoms with Gasteiger partial charge in [-0.3, -0.25) is 4.79 Å². The second-order valence-corrected chi connectivity index (χ2v) is 5.71. The highest BCUT2D eigenvalue weighted by atomic mass is 16.1. The summed E-state index contributed by atoms with van der Waals surface area (Å²) in [5, 5.41) is 0. The molecule has 1 aromatic carbocycles. The Morgan fingerprint density at radius 3 is 2.47 bits per heavy atom. The van der Waals surface area contributed by atoms with Crippen LogP contribution in [0.1, 0.15) is 57.4 Å². The van der Waals surface area contributed by atoms with Crippen molar-refractivity contribution in [3.63, 3.8) is 0 Å². The average molecular weight is 256 g/mol. The molecule has 19 heavy (non-hydrogen) atoms. The first kappa shape index (κ1) is 14.0. The fourth-order valence-corrected chi connectivity index (χ4v) is 2.94. The van der Waals surface area contributed by atoms with Crippen molar-refractivity contribution in [3.8, 4) is 0 Å². The van der Waals surface area contributed by atoms with Crippen LogP contribution in [0.5, 0.6) is 0 Å². The Hall–Kier alpha value is -1.37. The number of carbonyl (C=O) groups excluding carboxylic acids is 1. The van der Waals surface area contributed by atoms with Crippen LogP contribution in [-0.4, -0.2) is 5.78 Å². The summed E-state index contributed by atoms with van der Waals surface area (Å²) in [6, 6.07) is 10.3. The maximum absolute atomic E-state index is 11.4. The molecule has 0 atom stereocenters. The molecule has 0 aromatic heterocycles. The molecular formula is C18H24O. The first-order valence-electron chi connectivity index (χ1n) is 7.49. The van der Waals surface area contributed by atoms with E-state index in [1.165, 1.54) is 43.2 Å². The third kappa shape index (κ3) is 4.66. The maximum atomic E-state index is 11.4. The minimum Gasteiger partial charge on any atom is -0.300 e. The van der Waals surface area contributed by atoms with E-state index in [4.69, 9.17) is 0 Å². The first-order valence-corrected chi connectivity index (χ1v) is 7.49. The number of ketones is 1. The third-order valence-corrected chi connectivity index (χ3v) is 4.01. The number of allylic oxidation sites excluding steroid dienone is 2. The molecular weight excluding hydrogens is 232 g/mol. The minimum atomic E-state index is 0.249. The predicted molar refractivity (Wildman–Crippen MR) is 80.9 cm³/mol. The van der Waals surface area contributed by atoms with Crippen molar-refractivity contribution in [2.75, 3.05) is 0 Å². The quantitative estimate of drug-likeness (QED) is 0.723. The van der Waals surface area contributed by atoms with Crippen LogP contribution < -0.4 is 0 Å². The van der Waals surface area contributed by atoms with Crippen molar-refractivity contribution < 1.29 is 4.79 Å². The number of Topliss-reactive ketones (excluding diaryl/α,β-unsaturated/α-hetero) is 1. The van der Waals surface area contributed by atoms with Crippen molar-refractivity contribution in [3.05, 3.63) is 42.0 Å². The Morgan fingerprint density at radius 2 is 1.84 bits per heavy atom. The van der Waals surface area contributed by atoms with Crippen molar-refractivity contribution in [1.82, 2.24) is 0 Å². The Labute approximate surface area is 116 Å². The molecule has 1 saturated carbocycles. The van der Waals surface area contributed by atoms with E-state index in [-0.39, 0.29) is 5.78 Å². The molecule has 0 bridgehead atoms. The lowest BCUT2D eigenvalue weighted by atomic mass is 9.86. The Kier molecular flexibility index (Phi) is 5.38. The largest absolute Gasteiger partial charge is 0.300 e. The highest BCUT2D eigenvalue weighted by Gasteiger charge is 2.13. The summed E-state index contributed by atoms with van der Waals surface area (Å²) in [6.45, 7) is 1.68. The van der Waals surface area contributed by atoms with Crippen molar-refractivity contribution in [1.29, 1.82) is 0 Å². The standard InChI is InChI=1S/C18H24O/c1-15(19)14-18(17-10-6-3-7-11-17)13-12-16-8-4-2-5-9-16/h3,6-7,10-11,13,16H,2,4-5,8-9,12,14H2,1H3/b18-13-. The van der Waals surface area contributed by atoms with E-state index in [9.17, 15) is 4.79 Å². The van der Waals surface area contributed by atoms with Gasteiger partial charge in [0.05, 0.1) is 0 Å². The number of hydrogen-bond donors (Lipinski definition) is 0. The van der Waals surface area contributed by atoms with Crippen LogP contribution in [-0.2, 0) is 4.79 Å². The summed E-state index contributed by atoms with van der Waals surface area (Å²) in [7, 11) is 0. The normalized spacial score (nSPS) is 17.4. The average Bonchev–Trinajstić information content (AvgIpc) is 2.45. The highest BCUT2D eigenvalue weighted by Crippen LogP contribution is 2.28. The Balaban J connectivity index is 2.06. The molecule has 1 aromatic rings. The summed E-state index contributed by atoms with van der Waals surface area (Å²) in [6.07, 6.45) is 10.9. The van der Waals surface area contributed by atoms with Crippen LogP contribution >= 0.6 is 0 Å². The van der Waals surface area contributed by atoms with Gasteiger partial charge in [-0.05, 0) is 30.4 Å². The monoisotopic (exact) mass is 256 g/mol. The minimum absolute atomic E-state index is 0.249. The van der Waals surface area contributed by atoms with E-state index in [2.05, 4.69) is 18.2 Å². The van der Waals surface area contributed by atoms with Gasteiger partial charge in [-0.2, -0.15) is 0 Å². The molecule has 2 rings (SSSR count). The molecule has 1 heteroatoms. The first-order chi connectivity index (χ1) is 9.25. The van der Waals surface area contributed by atoms with Crippen LogP contribution in [0.2, 0.25) is 0 Å². The molecule has 0 spiro atoms. The van der Waals surface area contributed by atoms with Crippen molar-refractivity contribution in [2.45, 2.75) is 51.9 Å². The lowest BCUT2D eigenvalue weighted by Crippen LogP contribution is -2.05. The van der Waals surface area contributed by atoms with Crippen LogP contribution in [0.15, 0.2) is 36.4 Å². The number of benzene rings is 1. The number of carbonyl (C=O) groups is 1. The number of rotatable bonds is 5. The van der Waals surface area contributed by atoms with Gasteiger partial charge >= 0.3 is 0 Å². The lowest BCUT2D eigenvalue weighted by molar-refractivity contribution is -0.116. The molecule has 1 fully saturated rings. The smallest absolute Gasteiger partial charge is 0.134 e. The van der Waals surface area contributed by atoms with Gasteiger partial charge in [-0.1, -0.05) is 68.5 Å². The summed E-state index contributed by atoms with van der Waals surface area (Å²) < 4.78 is 0. The van der Waals surface area contributed by atoms with Gasteiger partial charge < -0.3 is 0 Å². The molecule has 0 aliphatic heterocycles. The van der Waals surface area contributed by atoms with Crippen LogP contribution in [0, 0.1) is 5.92 Å². The molecule has 0 saturated heterocycles. The predicted octanol–water partition coefficient (Wildman–Crippen LogP) is 5.02. The zero-order chi connectivity index (χ0) is 13.5. The van der Waals surface area contributed by atoms with Crippen LogP contribution in [0.3, 0.4) is 0 Å². The maximum Gasteiger partial charge on any atom is 0.134 e. The fraction of sp³-hybridized carbons (Fsp3) is 0.500. The Bertz CT molecular complexity index is 424. The van der Waals surface area contributed by atoms with E-state index >= 15 is 0 Å². The molecule has 0 unspecified atom stereocenters. The van der Waals surface area contributed by atoms with Crippen LogP contribution in [0.4, 0.5) is 0 Å². The lowest BCUT2D eigenvalue weighted by Gasteiger charge is -2.20. The van der Waals surface area contributed by atoms with Gasteiger partial charge in [0, 0.05) is 6.42 Å². The van der Waals surface area contributed by atoms with Gasteiger partial charge in [0.15, 0.2) is 0 Å². The van der Waals surface area contributed by atoms with E-state index in [0.717, 1.165) is 12.3 Å². The fourth-order valence-electron chi connectivity index (χ4n) is 2.94. The van der Waals surface area contributed by atoms with Crippen molar-refractivity contribution >= 4 is 11.4 Å². The highest BCUT2D eigenvalue weighted by molar-refractivity contribution is 5.88. The van der Waals surface area contributed by atoms with E-state index < -0.39 is 0 Å². The van der Waals surface area contributed by atoms with Gasteiger partial charge in [-0.15, -0.1) is 0 Å². The molecule has 0 N–H and O–H groups in total. The molecule has 0 radical (unpaired) electrons. The zero-order valence-corrected chi connectivity index (χ0v) is 11.9. The topological polar surface area (TPSA) is 17.1 Å². The van der Waals surface area contributed by atoms with Crippen molar-refractivity contribution in [2.24, 2.45) is 5.92 Å². The second-order valence-electron chi connectivity index (χ2n) is 5.71. The summed E-state index contributed by atoms with van der Waals surface area (Å²) in [5.41, 5.74) is 2.41.